The zero-order chi connectivity index (χ0) is 14.6. The molecule has 0 bridgehead atoms. The van der Waals surface area contributed by atoms with Gasteiger partial charge in [-0.25, -0.2) is 0 Å². The SMILES string of the molecule is CCNc1ccnc(-c2cccc(OC(F)(F)F)c2)c1. The number of rotatable bonds is 4. The molecular formula is C14H13F3N2O. The number of pyridine rings is 1. The minimum Gasteiger partial charge on any atom is -0.406 e. The summed E-state index contributed by atoms with van der Waals surface area (Å²) in [6.45, 7) is 2.71. The summed E-state index contributed by atoms with van der Waals surface area (Å²) < 4.78 is 40.5. The summed E-state index contributed by atoms with van der Waals surface area (Å²) in [6, 6.07) is 9.31. The van der Waals surface area contributed by atoms with Gasteiger partial charge in [0.1, 0.15) is 5.75 Å². The maximum Gasteiger partial charge on any atom is 0.573 e. The Morgan fingerprint density at radius 1 is 1.20 bits per heavy atom. The van der Waals surface area contributed by atoms with Crippen molar-refractivity contribution in [3.8, 4) is 17.0 Å². The van der Waals surface area contributed by atoms with Crippen LogP contribution in [0.15, 0.2) is 42.6 Å². The Morgan fingerprint density at radius 2 is 2.00 bits per heavy atom. The number of hydrogen-bond acceptors (Lipinski definition) is 3. The first-order chi connectivity index (χ1) is 9.48. The van der Waals surface area contributed by atoms with Crippen molar-refractivity contribution >= 4 is 5.69 Å². The standard InChI is InChI=1S/C14H13F3N2O/c1-2-18-11-6-7-19-13(9-11)10-4-3-5-12(8-10)20-14(15,16)17/h3-9H,2H2,1H3,(H,18,19). The summed E-state index contributed by atoms with van der Waals surface area (Å²) in [7, 11) is 0. The van der Waals surface area contributed by atoms with Gasteiger partial charge in [0.2, 0.25) is 0 Å². The molecule has 0 radical (unpaired) electrons. The molecule has 1 aromatic carbocycles. The van der Waals surface area contributed by atoms with Gasteiger partial charge in [-0.2, -0.15) is 0 Å². The average Bonchev–Trinajstić information content (AvgIpc) is 2.38. The summed E-state index contributed by atoms with van der Waals surface area (Å²) in [5, 5.41) is 3.12. The van der Waals surface area contributed by atoms with Crippen LogP contribution in [0.5, 0.6) is 5.75 Å². The highest BCUT2D eigenvalue weighted by molar-refractivity contribution is 5.65. The third-order valence-corrected chi connectivity index (χ3v) is 2.50. The van der Waals surface area contributed by atoms with E-state index in [1.165, 1.54) is 18.2 Å². The van der Waals surface area contributed by atoms with E-state index >= 15 is 0 Å². The Kier molecular flexibility index (Phi) is 4.12. The number of alkyl halides is 3. The van der Waals surface area contributed by atoms with Crippen LogP contribution in [0.25, 0.3) is 11.3 Å². The third kappa shape index (κ3) is 3.88. The molecule has 6 heteroatoms. The summed E-state index contributed by atoms with van der Waals surface area (Å²) in [5.74, 6) is -0.259. The van der Waals surface area contributed by atoms with Gasteiger partial charge in [-0.05, 0) is 31.2 Å². The normalized spacial score (nSPS) is 11.2. The Bertz CT molecular complexity index is 585. The number of aromatic nitrogens is 1. The molecular weight excluding hydrogens is 269 g/mol. The molecule has 0 aliphatic heterocycles. The van der Waals surface area contributed by atoms with Gasteiger partial charge in [0.25, 0.3) is 0 Å². The smallest absolute Gasteiger partial charge is 0.406 e. The Balaban J connectivity index is 2.28. The van der Waals surface area contributed by atoms with Gasteiger partial charge in [0.15, 0.2) is 0 Å². The Labute approximate surface area is 114 Å². The molecule has 1 heterocycles. The summed E-state index contributed by atoms with van der Waals surface area (Å²) in [4.78, 5) is 4.15. The van der Waals surface area contributed by atoms with Crippen LogP contribution in [0.2, 0.25) is 0 Å². The van der Waals surface area contributed by atoms with E-state index in [4.69, 9.17) is 0 Å². The lowest BCUT2D eigenvalue weighted by Crippen LogP contribution is -2.17. The number of ether oxygens (including phenoxy) is 1. The highest BCUT2D eigenvalue weighted by Crippen LogP contribution is 2.27. The molecule has 3 nitrogen and oxygen atoms in total. The van der Waals surface area contributed by atoms with Crippen LogP contribution < -0.4 is 10.1 Å². The molecule has 0 saturated heterocycles. The van der Waals surface area contributed by atoms with Crippen molar-refractivity contribution in [1.82, 2.24) is 4.98 Å². The van der Waals surface area contributed by atoms with Crippen molar-refractivity contribution in [2.75, 3.05) is 11.9 Å². The maximum absolute atomic E-state index is 12.2. The molecule has 106 valence electrons. The molecule has 0 aliphatic carbocycles. The molecule has 1 aromatic heterocycles. The van der Waals surface area contributed by atoms with Crippen molar-refractivity contribution in [3.05, 3.63) is 42.6 Å². The molecule has 0 atom stereocenters. The zero-order valence-corrected chi connectivity index (χ0v) is 10.7. The lowest BCUT2D eigenvalue weighted by molar-refractivity contribution is -0.274. The second kappa shape index (κ2) is 5.81. The second-order valence-electron chi connectivity index (χ2n) is 4.04. The molecule has 0 unspecified atom stereocenters. The van der Waals surface area contributed by atoms with Gasteiger partial charge >= 0.3 is 6.36 Å². The van der Waals surface area contributed by atoms with Crippen LogP contribution in [-0.4, -0.2) is 17.9 Å². The van der Waals surface area contributed by atoms with Crippen LogP contribution in [0.4, 0.5) is 18.9 Å². The van der Waals surface area contributed by atoms with Crippen LogP contribution in [0.3, 0.4) is 0 Å². The van der Waals surface area contributed by atoms with Gasteiger partial charge in [-0.3, -0.25) is 4.98 Å². The molecule has 0 saturated carbocycles. The van der Waals surface area contributed by atoms with Gasteiger partial charge in [-0.15, -0.1) is 13.2 Å². The zero-order valence-electron chi connectivity index (χ0n) is 10.7. The number of anilines is 1. The van der Waals surface area contributed by atoms with Crippen molar-refractivity contribution in [1.29, 1.82) is 0 Å². The fraction of sp³-hybridized carbons (Fsp3) is 0.214. The topological polar surface area (TPSA) is 34.2 Å². The van der Waals surface area contributed by atoms with Gasteiger partial charge in [0.05, 0.1) is 5.69 Å². The number of nitrogens with one attached hydrogen (secondary N) is 1. The minimum absolute atomic E-state index is 0.259. The number of halogens is 3. The lowest BCUT2D eigenvalue weighted by Gasteiger charge is -2.10. The molecule has 0 aliphatic rings. The Morgan fingerprint density at radius 3 is 2.70 bits per heavy atom. The maximum atomic E-state index is 12.2. The monoisotopic (exact) mass is 282 g/mol. The molecule has 0 fully saturated rings. The van der Waals surface area contributed by atoms with E-state index in [-0.39, 0.29) is 5.75 Å². The highest BCUT2D eigenvalue weighted by Gasteiger charge is 2.31. The van der Waals surface area contributed by atoms with Crippen molar-refractivity contribution in [2.45, 2.75) is 13.3 Å². The quantitative estimate of drug-likeness (QED) is 0.917. The number of benzene rings is 1. The van der Waals surface area contributed by atoms with E-state index in [0.29, 0.717) is 11.3 Å². The first-order valence-corrected chi connectivity index (χ1v) is 6.04. The molecule has 0 spiro atoms. The third-order valence-electron chi connectivity index (χ3n) is 2.50. The first-order valence-electron chi connectivity index (χ1n) is 6.04. The van der Waals surface area contributed by atoms with E-state index in [1.807, 2.05) is 6.92 Å². The molecule has 1 N–H and O–H groups in total. The lowest BCUT2D eigenvalue weighted by atomic mass is 10.1. The Hall–Kier alpha value is -2.24. The van der Waals surface area contributed by atoms with Crippen LogP contribution >= 0.6 is 0 Å². The predicted octanol–water partition coefficient (Wildman–Crippen LogP) is 4.08. The van der Waals surface area contributed by atoms with Crippen LogP contribution in [0, 0.1) is 0 Å². The predicted molar refractivity (Wildman–Crippen MR) is 70.5 cm³/mol. The van der Waals surface area contributed by atoms with Crippen LogP contribution in [-0.2, 0) is 0 Å². The summed E-state index contributed by atoms with van der Waals surface area (Å²) >= 11 is 0. The number of hydrogen-bond donors (Lipinski definition) is 1. The molecule has 2 aromatic rings. The second-order valence-corrected chi connectivity index (χ2v) is 4.04. The van der Waals surface area contributed by atoms with E-state index in [2.05, 4.69) is 15.0 Å². The summed E-state index contributed by atoms with van der Waals surface area (Å²) in [5.41, 5.74) is 2.00. The van der Waals surface area contributed by atoms with Crippen molar-refractivity contribution in [2.24, 2.45) is 0 Å². The first kappa shape index (κ1) is 14.2. The van der Waals surface area contributed by atoms with Gasteiger partial charge in [-0.1, -0.05) is 12.1 Å². The van der Waals surface area contributed by atoms with Crippen molar-refractivity contribution in [3.63, 3.8) is 0 Å². The molecule has 0 amide bonds. The summed E-state index contributed by atoms with van der Waals surface area (Å²) in [6.07, 6.45) is -3.09. The molecule has 20 heavy (non-hydrogen) atoms. The number of nitrogens with zero attached hydrogens (tertiary/aromatic N) is 1. The minimum atomic E-state index is -4.70. The fourth-order valence-electron chi connectivity index (χ4n) is 1.76. The van der Waals surface area contributed by atoms with E-state index in [0.717, 1.165) is 12.2 Å². The van der Waals surface area contributed by atoms with E-state index in [1.54, 1.807) is 24.4 Å². The fourth-order valence-corrected chi connectivity index (χ4v) is 1.76. The molecule has 2 rings (SSSR count). The van der Waals surface area contributed by atoms with Crippen LogP contribution in [0.1, 0.15) is 6.92 Å². The van der Waals surface area contributed by atoms with Crippen molar-refractivity contribution < 1.29 is 17.9 Å². The van der Waals surface area contributed by atoms with E-state index in [9.17, 15) is 13.2 Å². The largest absolute Gasteiger partial charge is 0.573 e. The highest BCUT2D eigenvalue weighted by atomic mass is 19.4. The van der Waals surface area contributed by atoms with Gasteiger partial charge < -0.3 is 10.1 Å². The van der Waals surface area contributed by atoms with Gasteiger partial charge in [0, 0.05) is 24.0 Å². The van der Waals surface area contributed by atoms with E-state index < -0.39 is 6.36 Å². The average molecular weight is 282 g/mol.